The molecule has 6 nitrogen and oxygen atoms in total. The number of thiazole rings is 1. The number of carbonyl (C=O) groups is 1. The van der Waals surface area contributed by atoms with Crippen molar-refractivity contribution in [2.24, 2.45) is 0 Å². The number of para-hydroxylation sites is 2. The number of nitriles is 1. The second-order valence-electron chi connectivity index (χ2n) is 7.31. The maximum atomic E-state index is 13.5. The lowest BCUT2D eigenvalue weighted by Crippen LogP contribution is -2.32. The zero-order valence-corrected chi connectivity index (χ0v) is 20.3. The monoisotopic (exact) mass is 501 g/mol. The standard InChI is InChI=1S/C27H20ClN3O3S/c1-2-34-20-14-12-18(13-15-20)16-24-26(33)31(19-8-4-3-5-9-19)27(35-24)21(17-29)25(32)30-23-11-7-6-10-22(23)28/h3-16H,2H2,1H3,(H,30,32). The van der Waals surface area contributed by atoms with Crippen LogP contribution in [0, 0.1) is 11.3 Å². The summed E-state index contributed by atoms with van der Waals surface area (Å²) in [6, 6.07) is 24.9. The predicted octanol–water partition coefficient (Wildman–Crippen LogP) is 4.09. The van der Waals surface area contributed by atoms with Crippen LogP contribution in [0.2, 0.25) is 5.02 Å². The van der Waals surface area contributed by atoms with Crippen molar-refractivity contribution in [3.05, 3.63) is 109 Å². The molecule has 0 radical (unpaired) electrons. The largest absolute Gasteiger partial charge is 0.494 e. The third-order valence-corrected chi connectivity index (χ3v) is 6.42. The van der Waals surface area contributed by atoms with Gasteiger partial charge in [0.2, 0.25) is 0 Å². The molecule has 0 fully saturated rings. The number of hydrogen-bond acceptors (Lipinski definition) is 5. The number of anilines is 1. The van der Waals surface area contributed by atoms with Crippen LogP contribution in [-0.4, -0.2) is 17.1 Å². The molecule has 4 rings (SSSR count). The van der Waals surface area contributed by atoms with Crippen molar-refractivity contribution < 1.29 is 9.53 Å². The summed E-state index contributed by atoms with van der Waals surface area (Å²) in [5, 5.41) is 12.9. The Kier molecular flexibility index (Phi) is 7.46. The number of ether oxygens (including phenoxy) is 1. The molecule has 35 heavy (non-hydrogen) atoms. The van der Waals surface area contributed by atoms with Gasteiger partial charge in [-0.25, -0.2) is 0 Å². The first kappa shape index (κ1) is 24.0. The number of amides is 1. The van der Waals surface area contributed by atoms with Gasteiger partial charge in [0.05, 0.1) is 27.5 Å². The molecule has 0 saturated carbocycles. The molecule has 1 aromatic heterocycles. The summed E-state index contributed by atoms with van der Waals surface area (Å²) in [5.41, 5.74) is 1.19. The Hall–Kier alpha value is -4.12. The summed E-state index contributed by atoms with van der Waals surface area (Å²) < 4.78 is 7.47. The van der Waals surface area contributed by atoms with Gasteiger partial charge in [-0.2, -0.15) is 5.26 Å². The van der Waals surface area contributed by atoms with E-state index >= 15 is 0 Å². The van der Waals surface area contributed by atoms with Gasteiger partial charge < -0.3 is 10.1 Å². The van der Waals surface area contributed by atoms with Gasteiger partial charge in [0.25, 0.3) is 11.5 Å². The van der Waals surface area contributed by atoms with Crippen LogP contribution in [0.5, 0.6) is 5.75 Å². The van der Waals surface area contributed by atoms with Crippen LogP contribution in [0.3, 0.4) is 0 Å². The van der Waals surface area contributed by atoms with E-state index in [1.165, 1.54) is 4.57 Å². The van der Waals surface area contributed by atoms with Crippen LogP contribution in [-0.2, 0) is 4.79 Å². The molecule has 0 atom stereocenters. The van der Waals surface area contributed by atoms with Crippen LogP contribution < -0.4 is 24.8 Å². The first-order chi connectivity index (χ1) is 17.0. The topological polar surface area (TPSA) is 84.1 Å². The Morgan fingerprint density at radius 2 is 1.77 bits per heavy atom. The number of hydrogen-bond donors (Lipinski definition) is 1. The van der Waals surface area contributed by atoms with Crippen molar-refractivity contribution in [3.8, 4) is 17.5 Å². The minimum absolute atomic E-state index is 0.192. The van der Waals surface area contributed by atoms with E-state index in [-0.39, 0.29) is 15.8 Å². The number of carbonyl (C=O) groups excluding carboxylic acids is 1. The summed E-state index contributed by atoms with van der Waals surface area (Å²) in [4.78, 5) is 26.6. The van der Waals surface area contributed by atoms with Crippen LogP contribution in [0.1, 0.15) is 12.5 Å². The van der Waals surface area contributed by atoms with Gasteiger partial charge in [-0.1, -0.05) is 54.1 Å². The number of nitrogens with one attached hydrogen (secondary N) is 1. The highest BCUT2D eigenvalue weighted by Crippen LogP contribution is 2.21. The highest BCUT2D eigenvalue weighted by molar-refractivity contribution is 7.07. The fourth-order valence-electron chi connectivity index (χ4n) is 3.38. The average Bonchev–Trinajstić information content (AvgIpc) is 3.18. The van der Waals surface area contributed by atoms with Crippen LogP contribution >= 0.6 is 22.9 Å². The maximum absolute atomic E-state index is 13.5. The van der Waals surface area contributed by atoms with E-state index in [1.54, 1.807) is 54.6 Å². The second kappa shape index (κ2) is 10.9. The third kappa shape index (κ3) is 5.35. The Morgan fingerprint density at radius 1 is 1.09 bits per heavy atom. The van der Waals surface area contributed by atoms with E-state index in [1.807, 2.05) is 43.3 Å². The minimum Gasteiger partial charge on any atom is -0.494 e. The number of halogens is 1. The molecule has 174 valence electrons. The molecule has 0 aliphatic carbocycles. The van der Waals surface area contributed by atoms with Crippen molar-refractivity contribution >= 4 is 46.2 Å². The first-order valence-electron chi connectivity index (χ1n) is 10.7. The molecule has 1 N–H and O–H groups in total. The molecule has 0 bridgehead atoms. The lowest BCUT2D eigenvalue weighted by molar-refractivity contribution is -0.111. The normalized spacial score (nSPS) is 12.1. The molecule has 4 aromatic rings. The Bertz CT molecular complexity index is 1580. The molecular weight excluding hydrogens is 482 g/mol. The van der Waals surface area contributed by atoms with Crippen molar-refractivity contribution in [2.45, 2.75) is 6.92 Å². The minimum atomic E-state index is -0.654. The van der Waals surface area contributed by atoms with Gasteiger partial charge in [0, 0.05) is 0 Å². The van der Waals surface area contributed by atoms with E-state index in [9.17, 15) is 14.9 Å². The SMILES string of the molecule is CCOc1ccc(C=c2sc(=C(C#N)C(=O)Nc3ccccc3Cl)n(-c3ccccc3)c2=O)cc1. The summed E-state index contributed by atoms with van der Waals surface area (Å²) in [6.07, 6.45) is 1.73. The number of aromatic nitrogens is 1. The average molecular weight is 502 g/mol. The molecule has 1 amide bonds. The lowest BCUT2D eigenvalue weighted by Gasteiger charge is -2.07. The quantitative estimate of drug-likeness (QED) is 0.431. The fraction of sp³-hybridized carbons (Fsp3) is 0.0741. The van der Waals surface area contributed by atoms with Crippen LogP contribution in [0.15, 0.2) is 83.7 Å². The third-order valence-electron chi connectivity index (χ3n) is 5.00. The van der Waals surface area contributed by atoms with Gasteiger partial charge in [-0.3, -0.25) is 14.2 Å². The molecule has 0 spiro atoms. The Labute approximate surface area is 210 Å². The van der Waals surface area contributed by atoms with E-state index in [0.717, 1.165) is 22.6 Å². The predicted molar refractivity (Wildman–Crippen MR) is 139 cm³/mol. The molecule has 3 aromatic carbocycles. The van der Waals surface area contributed by atoms with Crippen molar-refractivity contribution in [1.82, 2.24) is 4.57 Å². The molecule has 0 unspecified atom stereocenters. The van der Waals surface area contributed by atoms with Crippen LogP contribution in [0.25, 0.3) is 17.3 Å². The van der Waals surface area contributed by atoms with Gasteiger partial charge >= 0.3 is 0 Å². The highest BCUT2D eigenvalue weighted by Gasteiger charge is 2.18. The smallest absolute Gasteiger partial charge is 0.273 e. The molecular formula is C27H20ClN3O3S. The zero-order valence-electron chi connectivity index (χ0n) is 18.7. The summed E-state index contributed by atoms with van der Waals surface area (Å²) in [6.45, 7) is 2.46. The molecule has 0 aliphatic heterocycles. The number of nitrogens with zero attached hydrogens (tertiary/aromatic N) is 2. The molecule has 1 heterocycles. The summed E-state index contributed by atoms with van der Waals surface area (Å²) in [5.74, 6) is 0.0775. The Balaban J connectivity index is 1.90. The number of benzene rings is 3. The van der Waals surface area contributed by atoms with E-state index < -0.39 is 5.91 Å². The Morgan fingerprint density at radius 3 is 2.43 bits per heavy atom. The second-order valence-corrected chi connectivity index (χ2v) is 8.75. The maximum Gasteiger partial charge on any atom is 0.273 e. The van der Waals surface area contributed by atoms with Gasteiger partial charge in [0.15, 0.2) is 5.57 Å². The lowest BCUT2D eigenvalue weighted by atomic mass is 10.2. The summed E-state index contributed by atoms with van der Waals surface area (Å²) >= 11 is 7.24. The van der Waals surface area contributed by atoms with Crippen molar-refractivity contribution in [2.75, 3.05) is 11.9 Å². The van der Waals surface area contributed by atoms with E-state index in [4.69, 9.17) is 16.3 Å². The van der Waals surface area contributed by atoms with Crippen molar-refractivity contribution in [1.29, 1.82) is 5.26 Å². The van der Waals surface area contributed by atoms with Gasteiger partial charge in [-0.05, 0) is 55.0 Å². The van der Waals surface area contributed by atoms with Gasteiger partial charge in [-0.15, -0.1) is 11.3 Å². The highest BCUT2D eigenvalue weighted by atomic mass is 35.5. The fourth-order valence-corrected chi connectivity index (χ4v) is 4.67. The molecule has 8 heteroatoms. The van der Waals surface area contributed by atoms with Crippen LogP contribution in [0.4, 0.5) is 5.69 Å². The van der Waals surface area contributed by atoms with Gasteiger partial charge in [0.1, 0.15) is 16.5 Å². The molecule has 0 aliphatic rings. The van der Waals surface area contributed by atoms with E-state index in [0.29, 0.717) is 27.5 Å². The first-order valence-corrected chi connectivity index (χ1v) is 11.9. The number of rotatable bonds is 6. The molecule has 0 saturated heterocycles. The van der Waals surface area contributed by atoms with Crippen molar-refractivity contribution in [3.63, 3.8) is 0 Å². The zero-order chi connectivity index (χ0) is 24.8. The summed E-state index contributed by atoms with van der Waals surface area (Å²) in [7, 11) is 0. The van der Waals surface area contributed by atoms with E-state index in [2.05, 4.69) is 5.32 Å².